The molecule has 0 aromatic carbocycles. The lowest BCUT2D eigenvalue weighted by molar-refractivity contribution is -0.129. The van der Waals surface area contributed by atoms with Gasteiger partial charge < -0.3 is 89.2 Å². The number of ether oxygens (including phenoxy) is 1. The second-order valence-corrected chi connectivity index (χ2v) is 31.9. The Kier molecular flexibility index (Phi) is 26.0. The van der Waals surface area contributed by atoms with Crippen molar-refractivity contribution in [1.29, 1.82) is 0 Å². The van der Waals surface area contributed by atoms with Crippen molar-refractivity contribution in [1.82, 2.24) is 83.4 Å². The largest absolute Gasteiger partial charge is 0.455 e. The number of fused-ring (bicyclic) bond motifs is 7. The van der Waals surface area contributed by atoms with Crippen molar-refractivity contribution >= 4 is 145 Å². The van der Waals surface area contributed by atoms with Gasteiger partial charge in [-0.15, -0.1) is 57.1 Å². The van der Waals surface area contributed by atoms with E-state index in [0.29, 0.717) is 0 Å². The first-order valence-electron chi connectivity index (χ1n) is 34.8. The summed E-state index contributed by atoms with van der Waals surface area (Å²) >= 11 is 4.39. The Labute approximate surface area is 664 Å². The van der Waals surface area contributed by atoms with Crippen LogP contribution in [0.1, 0.15) is 190 Å². The molecule has 598 valence electrons. The van der Waals surface area contributed by atoms with Crippen LogP contribution in [-0.2, 0) is 48.6 Å². The number of primary amides is 1. The van der Waals surface area contributed by atoms with E-state index < -0.39 is 201 Å². The SMILES string of the molecule is C=C(NC(=O)C(=C)NC(=O)c1csc(C2=N[C@H]3c4csc(n4)[C@H]4NC(=O)c5csc(n5)[C@@H]([C@](C)(O)[C@@H](C)O)NC(=O)[C@H]5CSC(=N5)/C(=C\C)NC(=O)[C@@H]([C@@H](C)O)NC(=O)c5csc(n5)[C@]3(CC2)NC(=O)[C@H](C)NC(=O)C(=C)NC(=O)C(=C)NC(=O)[C@@H](C(C)C)N[C@H]2C=Cc3c([C@@H](C)O)cc(nc3[C@H]2O)C(=O)O[C@H]4C)n1)C(N)=O. The van der Waals surface area contributed by atoms with Crippen LogP contribution in [0.5, 0.6) is 0 Å². The number of cyclic esters (lactones) is 1. The Hall–Kier alpha value is -10.8. The molecule has 18 N–H and O–H groups in total. The van der Waals surface area contributed by atoms with Crippen molar-refractivity contribution in [3.8, 4) is 0 Å². The molecule has 5 aliphatic rings. The Morgan fingerprint density at radius 1 is 0.743 bits per heavy atom. The van der Waals surface area contributed by atoms with Crippen LogP contribution in [0.25, 0.3) is 6.08 Å². The van der Waals surface area contributed by atoms with Gasteiger partial charge in [-0.2, -0.15) is 0 Å². The highest BCUT2D eigenvalue weighted by Gasteiger charge is 2.51. The molecule has 13 bridgehead atoms. The van der Waals surface area contributed by atoms with Gasteiger partial charge >= 0.3 is 5.97 Å². The number of nitrogens with two attached hydrogens (primary N) is 1. The molecule has 9 heterocycles. The van der Waals surface area contributed by atoms with E-state index >= 15 is 14.4 Å². The summed E-state index contributed by atoms with van der Waals surface area (Å²) in [7, 11) is 0. The van der Waals surface area contributed by atoms with Gasteiger partial charge in [-0.1, -0.05) is 58.4 Å². The molecule has 5 aromatic heterocycles. The number of aliphatic hydroxyl groups excluding tert-OH is 4. The first kappa shape index (κ1) is 84.6. The molecule has 10 rings (SSSR count). The number of nitrogens with one attached hydrogen (secondary N) is 11. The van der Waals surface area contributed by atoms with E-state index in [0.717, 1.165) is 57.1 Å². The number of aliphatic hydroxyl groups is 5. The van der Waals surface area contributed by atoms with Gasteiger partial charge in [-0.25, -0.2) is 29.7 Å². The Morgan fingerprint density at radius 3 is 2.09 bits per heavy atom. The highest BCUT2D eigenvalue weighted by Crippen LogP contribution is 2.48. The van der Waals surface area contributed by atoms with E-state index in [4.69, 9.17) is 25.4 Å². The standard InChI is InChI=1S/C71H81N19O18S5/c1-14-37-64-83-44(22-109-64)61(103)89-52(70(13,107)34(12)93)67-85-43(23-112-67)59(101)88-48-33(11)108-68(106)40-19-36(31(9)91)35-15-16-38(50(94)49(35)79-40)78-46(25(2)3)62(104)77-29(7)56(98)74-27(5)55(97)75-30(8)57(99)90-71(69-86-45(24-113-69)60(102)87-47(32(10)92)63(105)81-37)18-17-39(80-51(71)41-20-111-66(48)82-41)65-84-42(21-110-65)58(100)76-28(6)54(96)73-26(4)53(72)95/h14-16,19-21,23-25,30-34,38,44,46-48,50-52,78,91-94,107H,4-7,17-18,22H2,1-3,8-13H3,(H2,72,95)(H,73,96)(H,74,98)(H,75,97)(H,76,100)(H,77,104)(H,81,105)(H,87,102)(H,88,101)(H,89,103)(H,90,99)/b37-14+/t30-,31+,32+,33-,34+,38-,44+,46+,47+,48-,50-,51-,52-,70+,71+/m0/s1. The maximum absolute atomic E-state index is 15.4. The molecule has 4 aliphatic heterocycles. The third-order valence-corrected chi connectivity index (χ3v) is 23.6. The number of thioether (sulfide) groups is 1. The Bertz CT molecular complexity index is 4920. The van der Waals surface area contributed by atoms with Gasteiger partial charge in [-0.05, 0) is 78.9 Å². The van der Waals surface area contributed by atoms with Gasteiger partial charge in [0, 0.05) is 32.8 Å². The van der Waals surface area contributed by atoms with Crippen molar-refractivity contribution in [3.05, 3.63) is 160 Å². The summed E-state index contributed by atoms with van der Waals surface area (Å²) in [6.07, 6.45) is -3.71. The van der Waals surface area contributed by atoms with E-state index in [1.165, 1.54) is 87.4 Å². The molecule has 0 saturated carbocycles. The zero-order valence-electron chi connectivity index (χ0n) is 61.9. The second kappa shape index (κ2) is 34.7. The minimum Gasteiger partial charge on any atom is -0.455 e. The van der Waals surface area contributed by atoms with Gasteiger partial charge in [0.15, 0.2) is 0 Å². The molecular weight excluding hydrogens is 1570 g/mol. The van der Waals surface area contributed by atoms with Crippen molar-refractivity contribution in [2.75, 3.05) is 5.75 Å². The smallest absolute Gasteiger partial charge is 0.357 e. The number of rotatable bonds is 11. The number of aliphatic imine (C=N–C) groups is 2. The summed E-state index contributed by atoms with van der Waals surface area (Å²) in [5.74, 6) is -12.7. The maximum atomic E-state index is 15.4. The average Bonchev–Trinajstić information content (AvgIpc) is 1.66. The summed E-state index contributed by atoms with van der Waals surface area (Å²) in [5.41, 5.74) is -2.56. The molecule has 37 nitrogen and oxygen atoms in total. The van der Waals surface area contributed by atoms with Crippen molar-refractivity contribution < 1.29 is 87.8 Å². The van der Waals surface area contributed by atoms with E-state index in [2.05, 4.69) is 105 Å². The number of hydrogen-bond donors (Lipinski definition) is 17. The number of carbonyl (C=O) groups excluding carboxylic acids is 12. The predicted octanol–water partition coefficient (Wildman–Crippen LogP) is 0.509. The zero-order chi connectivity index (χ0) is 82.7. The maximum Gasteiger partial charge on any atom is 0.357 e. The first-order chi connectivity index (χ1) is 53.2. The molecular formula is C71H81N19O18S5. The zero-order valence-corrected chi connectivity index (χ0v) is 66.0. The van der Waals surface area contributed by atoms with E-state index in [-0.39, 0.29) is 89.0 Å². The van der Waals surface area contributed by atoms with Crippen LogP contribution in [-0.4, -0.2) is 192 Å². The van der Waals surface area contributed by atoms with Crippen LogP contribution in [0.15, 0.2) is 105 Å². The van der Waals surface area contributed by atoms with Crippen LogP contribution in [0.2, 0.25) is 0 Å². The molecule has 1 aliphatic carbocycles. The number of hydrogen-bond acceptors (Lipinski definition) is 31. The molecule has 113 heavy (non-hydrogen) atoms. The fourth-order valence-corrected chi connectivity index (χ4v) is 16.9. The number of aromatic nitrogens is 5. The number of allylic oxidation sites excluding steroid dienone is 1. The number of esters is 1. The topological polar surface area (TPSA) is 563 Å². The molecule has 5 aromatic rings. The molecule has 0 fully saturated rings. The fourth-order valence-electron chi connectivity index (χ4n) is 12.0. The van der Waals surface area contributed by atoms with Crippen molar-refractivity contribution in [3.63, 3.8) is 0 Å². The lowest BCUT2D eigenvalue weighted by atomic mass is 9.80. The number of pyridine rings is 1. The average molecular weight is 1650 g/mol. The number of thiazole rings is 4. The van der Waals surface area contributed by atoms with E-state index in [9.17, 15) is 68.7 Å². The molecule has 42 heteroatoms. The van der Waals surface area contributed by atoms with Gasteiger partial charge in [0.2, 0.25) is 23.6 Å². The van der Waals surface area contributed by atoms with E-state index in [1.54, 1.807) is 20.8 Å². The normalized spacial score (nSPS) is 26.1. The molecule has 0 unspecified atom stereocenters. The Balaban J connectivity index is 1.18. The monoisotopic (exact) mass is 1650 g/mol. The fraction of sp³-hybridized carbons (Fsp3) is 0.394. The van der Waals surface area contributed by atoms with Crippen LogP contribution >= 0.6 is 57.1 Å². The lowest BCUT2D eigenvalue weighted by Crippen LogP contribution is -2.57. The summed E-state index contributed by atoms with van der Waals surface area (Å²) in [6.45, 7) is 26.9. The van der Waals surface area contributed by atoms with Crippen LogP contribution in [0.4, 0.5) is 0 Å². The molecule has 0 saturated heterocycles. The Morgan fingerprint density at radius 2 is 1.42 bits per heavy atom. The molecule has 0 radical (unpaired) electrons. The van der Waals surface area contributed by atoms with Crippen LogP contribution in [0, 0.1) is 5.92 Å². The number of amides is 11. The van der Waals surface area contributed by atoms with Gasteiger partial charge in [-0.3, -0.25) is 68.0 Å². The van der Waals surface area contributed by atoms with Crippen molar-refractivity contribution in [2.45, 2.75) is 165 Å². The molecule has 11 amide bonds. The predicted molar refractivity (Wildman–Crippen MR) is 413 cm³/mol. The molecule has 15 atom stereocenters. The highest BCUT2D eigenvalue weighted by molar-refractivity contribution is 8.14. The quantitative estimate of drug-likeness (QED) is 0.0633. The third kappa shape index (κ3) is 18.5. The van der Waals surface area contributed by atoms with E-state index in [1.807, 2.05) is 0 Å². The summed E-state index contributed by atoms with van der Waals surface area (Å²) in [4.78, 5) is 203. The number of nitrogens with zero attached hydrogens (tertiary/aromatic N) is 7. The van der Waals surface area contributed by atoms with Gasteiger partial charge in [0.1, 0.15) is 107 Å². The lowest BCUT2D eigenvalue weighted by Gasteiger charge is -2.41. The summed E-state index contributed by atoms with van der Waals surface area (Å²) in [5, 5.41) is 91.5. The van der Waals surface area contributed by atoms with Gasteiger partial charge in [0.25, 0.3) is 41.4 Å². The summed E-state index contributed by atoms with van der Waals surface area (Å²) < 4.78 is 6.24. The minimum atomic E-state index is -2.21. The molecule has 0 spiro atoms. The summed E-state index contributed by atoms with van der Waals surface area (Å²) in [6, 6.07) is -10.4. The number of carbonyl (C=O) groups is 12. The minimum absolute atomic E-state index is 0.0184. The second-order valence-electron chi connectivity index (χ2n) is 27.4. The third-order valence-electron chi connectivity index (χ3n) is 18.7. The highest BCUT2D eigenvalue weighted by atomic mass is 32.2. The van der Waals surface area contributed by atoms with Crippen LogP contribution in [0.3, 0.4) is 0 Å². The van der Waals surface area contributed by atoms with Crippen LogP contribution < -0.4 is 64.2 Å². The first-order valence-corrected chi connectivity index (χ1v) is 39.3. The van der Waals surface area contributed by atoms with Gasteiger partial charge in [0.05, 0.1) is 76.0 Å². The van der Waals surface area contributed by atoms with Crippen molar-refractivity contribution in [2.24, 2.45) is 21.6 Å².